The lowest BCUT2D eigenvalue weighted by atomic mass is 10.2. The van der Waals surface area contributed by atoms with Crippen LogP contribution in [-0.4, -0.2) is 25.3 Å². The third-order valence-electron chi connectivity index (χ3n) is 3.99. The molecule has 23 heavy (non-hydrogen) atoms. The molecule has 0 aliphatic carbocycles. The molecule has 0 saturated heterocycles. The van der Waals surface area contributed by atoms with E-state index in [9.17, 15) is 0 Å². The smallest absolute Gasteiger partial charge is 0.235 e. The first-order chi connectivity index (χ1) is 11.3. The monoisotopic (exact) mass is 311 g/mol. The molecule has 1 aromatic heterocycles. The van der Waals surface area contributed by atoms with Crippen molar-refractivity contribution >= 4 is 22.1 Å². The van der Waals surface area contributed by atoms with Crippen LogP contribution in [0.5, 0.6) is 5.75 Å². The van der Waals surface area contributed by atoms with Gasteiger partial charge in [-0.25, -0.2) is 4.98 Å². The van der Waals surface area contributed by atoms with Gasteiger partial charge >= 0.3 is 0 Å². The number of unbranched alkanes of at least 4 members (excludes halogenated alkanes) is 1. The van der Waals surface area contributed by atoms with E-state index in [1.807, 2.05) is 18.2 Å². The predicted molar refractivity (Wildman–Crippen MR) is 91.7 cm³/mol. The number of ether oxygens (including phenoxy) is 2. The van der Waals surface area contributed by atoms with Gasteiger partial charge in [0.25, 0.3) is 0 Å². The highest BCUT2D eigenvalue weighted by Gasteiger charge is 2.17. The zero-order valence-corrected chi connectivity index (χ0v) is 13.8. The average molecular weight is 311 g/mol. The van der Waals surface area contributed by atoms with E-state index in [0.29, 0.717) is 6.61 Å². The van der Waals surface area contributed by atoms with Gasteiger partial charge in [0.05, 0.1) is 6.61 Å². The van der Waals surface area contributed by atoms with Gasteiger partial charge in [-0.1, -0.05) is 18.2 Å². The van der Waals surface area contributed by atoms with Crippen molar-refractivity contribution in [1.82, 2.24) is 4.98 Å². The molecule has 0 spiro atoms. The molecule has 120 valence electrons. The lowest BCUT2D eigenvalue weighted by Gasteiger charge is -2.09. The third kappa shape index (κ3) is 3.27. The van der Waals surface area contributed by atoms with Crippen molar-refractivity contribution in [2.75, 3.05) is 20.3 Å². The summed E-state index contributed by atoms with van der Waals surface area (Å²) in [5.74, 6) is 0.855. The summed E-state index contributed by atoms with van der Waals surface area (Å²) in [4.78, 5) is 4.83. The van der Waals surface area contributed by atoms with E-state index in [4.69, 9.17) is 14.5 Å². The second-order valence-corrected chi connectivity index (χ2v) is 5.52. The second-order valence-electron chi connectivity index (χ2n) is 5.52. The molecule has 3 rings (SSSR count). The van der Waals surface area contributed by atoms with Gasteiger partial charge in [0, 0.05) is 25.8 Å². The van der Waals surface area contributed by atoms with Gasteiger partial charge in [-0.05, 0) is 31.9 Å². The Balaban J connectivity index is 1.98. The molecule has 4 nitrogen and oxygen atoms in total. The van der Waals surface area contributed by atoms with Crippen molar-refractivity contribution in [2.24, 2.45) is 0 Å². The van der Waals surface area contributed by atoms with Crippen LogP contribution < -0.4 is 9.30 Å². The molecule has 0 unspecified atom stereocenters. The maximum absolute atomic E-state index is 5.98. The number of hydrogen-bond acceptors (Lipinski definition) is 3. The summed E-state index contributed by atoms with van der Waals surface area (Å²) >= 11 is 0. The Morgan fingerprint density at radius 1 is 0.957 bits per heavy atom. The Bertz CT molecular complexity index is 802. The number of methoxy groups -OCH3 is 1. The largest absolute Gasteiger partial charge is 0.491 e. The fraction of sp³-hybridized carbons (Fsp3) is 0.368. The second kappa shape index (κ2) is 7.38. The number of aryl methyl sites for hydroxylation is 1. The highest BCUT2D eigenvalue weighted by molar-refractivity contribution is 5.85. The Kier molecular flexibility index (Phi) is 5.03. The van der Waals surface area contributed by atoms with Gasteiger partial charge in [0.15, 0.2) is 11.3 Å². The highest BCUT2D eigenvalue weighted by atomic mass is 16.5. The lowest BCUT2D eigenvalue weighted by Crippen LogP contribution is -2.34. The number of nitrogens with zero attached hydrogens (tertiary/aromatic N) is 2. The molecule has 0 fully saturated rings. The fourth-order valence-corrected chi connectivity index (χ4v) is 2.87. The predicted octanol–water partition coefficient (Wildman–Crippen LogP) is 3.50. The zero-order chi connectivity index (χ0) is 16.1. The molecule has 0 aliphatic rings. The van der Waals surface area contributed by atoms with Crippen LogP contribution in [0.1, 0.15) is 19.8 Å². The van der Waals surface area contributed by atoms with Crippen molar-refractivity contribution in [3.05, 3.63) is 42.5 Å². The van der Waals surface area contributed by atoms with E-state index in [1.54, 1.807) is 7.11 Å². The van der Waals surface area contributed by atoms with Crippen LogP contribution >= 0.6 is 0 Å². The van der Waals surface area contributed by atoms with Crippen molar-refractivity contribution in [3.63, 3.8) is 0 Å². The highest BCUT2D eigenvalue weighted by Crippen LogP contribution is 2.24. The minimum atomic E-state index is 0.684. The summed E-state index contributed by atoms with van der Waals surface area (Å²) in [6.07, 6.45) is 1.98. The van der Waals surface area contributed by atoms with E-state index in [0.717, 1.165) is 53.8 Å². The van der Waals surface area contributed by atoms with Crippen molar-refractivity contribution < 1.29 is 14.0 Å². The molecule has 0 aliphatic heterocycles. The number of benzene rings is 2. The van der Waals surface area contributed by atoms with Crippen LogP contribution in [0.25, 0.3) is 22.1 Å². The van der Waals surface area contributed by atoms with Gasteiger partial charge in [0.2, 0.25) is 11.0 Å². The molecule has 0 atom stereocenters. The summed E-state index contributed by atoms with van der Waals surface area (Å²) < 4.78 is 13.3. The summed E-state index contributed by atoms with van der Waals surface area (Å²) in [6, 6.07) is 14.4. The van der Waals surface area contributed by atoms with Crippen LogP contribution in [0.15, 0.2) is 42.5 Å². The maximum Gasteiger partial charge on any atom is 0.235 e. The molecular weight excluding hydrogens is 288 g/mol. The Labute approximate surface area is 136 Å². The SMILES string of the molecule is CC[n+]1c2ccccc2nc2c(OCCCCOC)cccc21. The molecule has 0 amide bonds. The maximum atomic E-state index is 5.98. The molecular formula is C19H23N2O2+. The Morgan fingerprint density at radius 3 is 2.57 bits per heavy atom. The normalized spacial score (nSPS) is 11.2. The lowest BCUT2D eigenvalue weighted by molar-refractivity contribution is -0.641. The van der Waals surface area contributed by atoms with Gasteiger partial charge in [-0.2, -0.15) is 4.57 Å². The molecule has 2 aromatic carbocycles. The molecule has 0 radical (unpaired) electrons. The van der Waals surface area contributed by atoms with E-state index >= 15 is 0 Å². The van der Waals surface area contributed by atoms with Gasteiger partial charge in [-0.15, -0.1) is 0 Å². The van der Waals surface area contributed by atoms with E-state index in [1.165, 1.54) is 0 Å². The first-order valence-corrected chi connectivity index (χ1v) is 8.18. The van der Waals surface area contributed by atoms with Crippen LogP contribution in [0.2, 0.25) is 0 Å². The summed E-state index contributed by atoms with van der Waals surface area (Å²) in [5, 5.41) is 0. The topological polar surface area (TPSA) is 35.2 Å². The molecule has 1 heterocycles. The third-order valence-corrected chi connectivity index (χ3v) is 3.99. The minimum Gasteiger partial charge on any atom is -0.491 e. The van der Waals surface area contributed by atoms with Gasteiger partial charge in [0.1, 0.15) is 12.1 Å². The molecule has 0 saturated carbocycles. The Hall–Kier alpha value is -2.20. The number of hydrogen-bond donors (Lipinski definition) is 0. The zero-order valence-electron chi connectivity index (χ0n) is 13.8. The van der Waals surface area contributed by atoms with Gasteiger partial charge in [-0.3, -0.25) is 0 Å². The van der Waals surface area contributed by atoms with Crippen molar-refractivity contribution in [2.45, 2.75) is 26.3 Å². The standard InChI is InChI=1S/C19H23N2O2/c1-3-21-16-10-5-4-9-15(16)20-19-17(21)11-8-12-18(19)23-14-7-6-13-22-2/h4-5,8-12H,3,6-7,13-14H2,1-2H3/q+1. The molecule has 0 bridgehead atoms. The van der Waals surface area contributed by atoms with Crippen LogP contribution in [0, 0.1) is 0 Å². The average Bonchev–Trinajstić information content (AvgIpc) is 2.59. The van der Waals surface area contributed by atoms with Crippen LogP contribution in [-0.2, 0) is 11.3 Å². The number of aromatic nitrogens is 2. The number of fused-ring (bicyclic) bond motifs is 2. The summed E-state index contributed by atoms with van der Waals surface area (Å²) in [6.45, 7) is 4.52. The minimum absolute atomic E-state index is 0.684. The number of para-hydroxylation sites is 3. The van der Waals surface area contributed by atoms with E-state index in [2.05, 4.69) is 35.8 Å². The van der Waals surface area contributed by atoms with Gasteiger partial charge < -0.3 is 9.47 Å². The van der Waals surface area contributed by atoms with Crippen molar-refractivity contribution in [3.8, 4) is 5.75 Å². The van der Waals surface area contributed by atoms with E-state index < -0.39 is 0 Å². The van der Waals surface area contributed by atoms with Crippen molar-refractivity contribution in [1.29, 1.82) is 0 Å². The quantitative estimate of drug-likeness (QED) is 0.380. The molecule has 3 aromatic rings. The Morgan fingerprint density at radius 2 is 1.74 bits per heavy atom. The summed E-state index contributed by atoms with van der Waals surface area (Å²) in [7, 11) is 1.73. The van der Waals surface area contributed by atoms with Crippen LogP contribution in [0.3, 0.4) is 0 Å². The fourth-order valence-electron chi connectivity index (χ4n) is 2.87. The van der Waals surface area contributed by atoms with Crippen LogP contribution in [0.4, 0.5) is 0 Å². The molecule has 4 heteroatoms. The first kappa shape index (κ1) is 15.7. The first-order valence-electron chi connectivity index (χ1n) is 8.18. The van der Waals surface area contributed by atoms with E-state index in [-0.39, 0.29) is 0 Å². The molecule has 0 N–H and O–H groups in total. The summed E-state index contributed by atoms with van der Waals surface area (Å²) in [5.41, 5.74) is 4.19. The number of rotatable bonds is 7.